The summed E-state index contributed by atoms with van der Waals surface area (Å²) in [6.07, 6.45) is -1.15. The van der Waals surface area contributed by atoms with Crippen LogP contribution in [0.4, 0.5) is 10.1 Å². The van der Waals surface area contributed by atoms with Gasteiger partial charge >= 0.3 is 5.97 Å². The van der Waals surface area contributed by atoms with Crippen LogP contribution in [-0.4, -0.2) is 30.2 Å². The Morgan fingerprint density at radius 3 is 2.56 bits per heavy atom. The van der Waals surface area contributed by atoms with Crippen molar-refractivity contribution < 1.29 is 28.6 Å². The summed E-state index contributed by atoms with van der Waals surface area (Å²) in [6, 6.07) is 7.70. The first-order valence-corrected chi connectivity index (χ1v) is 7.53. The number of methoxy groups -OCH3 is 1. The van der Waals surface area contributed by atoms with Crippen molar-refractivity contribution >= 4 is 29.2 Å². The zero-order chi connectivity index (χ0) is 18.6. The van der Waals surface area contributed by atoms with Gasteiger partial charge in [-0.25, -0.2) is 9.18 Å². The lowest BCUT2D eigenvalue weighted by Crippen LogP contribution is -2.30. The van der Waals surface area contributed by atoms with Crippen molar-refractivity contribution in [2.45, 2.75) is 13.0 Å². The Labute approximate surface area is 148 Å². The number of nitrogens with one attached hydrogen (secondary N) is 1. The van der Waals surface area contributed by atoms with E-state index in [4.69, 9.17) is 21.1 Å². The zero-order valence-electron chi connectivity index (χ0n) is 13.4. The van der Waals surface area contributed by atoms with Crippen LogP contribution in [0.2, 0.25) is 5.02 Å². The molecule has 0 unspecified atom stereocenters. The van der Waals surface area contributed by atoms with Crippen LogP contribution in [-0.2, 0) is 9.53 Å². The van der Waals surface area contributed by atoms with E-state index in [-0.39, 0.29) is 22.0 Å². The van der Waals surface area contributed by atoms with Crippen molar-refractivity contribution in [2.24, 2.45) is 0 Å². The number of hydrogen-bond donors (Lipinski definition) is 2. The van der Waals surface area contributed by atoms with Crippen LogP contribution in [0.5, 0.6) is 11.5 Å². The van der Waals surface area contributed by atoms with E-state index in [0.29, 0.717) is 5.75 Å². The summed E-state index contributed by atoms with van der Waals surface area (Å²) in [6.45, 7) is 1.36. The summed E-state index contributed by atoms with van der Waals surface area (Å²) >= 11 is 5.63. The lowest BCUT2D eigenvalue weighted by atomic mass is 10.2. The minimum atomic E-state index is -1.15. The van der Waals surface area contributed by atoms with Gasteiger partial charge in [-0.1, -0.05) is 11.6 Å². The highest BCUT2D eigenvalue weighted by Crippen LogP contribution is 2.24. The number of anilines is 1. The van der Waals surface area contributed by atoms with Crippen LogP contribution >= 0.6 is 11.6 Å². The lowest BCUT2D eigenvalue weighted by molar-refractivity contribution is -0.123. The molecular weight excluding hydrogens is 353 g/mol. The van der Waals surface area contributed by atoms with Gasteiger partial charge in [-0.2, -0.15) is 0 Å². The number of benzene rings is 2. The molecule has 0 fully saturated rings. The number of aromatic hydroxyl groups is 1. The molecule has 0 aliphatic rings. The second-order valence-corrected chi connectivity index (χ2v) is 5.46. The van der Waals surface area contributed by atoms with Gasteiger partial charge < -0.3 is 19.9 Å². The molecule has 0 aliphatic heterocycles. The maximum atomic E-state index is 13.1. The minimum absolute atomic E-state index is 0.106. The topological polar surface area (TPSA) is 84.9 Å². The van der Waals surface area contributed by atoms with E-state index in [2.05, 4.69) is 5.32 Å². The van der Waals surface area contributed by atoms with Crippen molar-refractivity contribution in [3.05, 3.63) is 52.8 Å². The van der Waals surface area contributed by atoms with E-state index in [1.54, 1.807) is 0 Å². The molecule has 0 saturated heterocycles. The molecule has 0 aromatic heterocycles. The Bertz CT molecular complexity index is 812. The second kappa shape index (κ2) is 7.85. The van der Waals surface area contributed by atoms with Gasteiger partial charge in [0.15, 0.2) is 6.10 Å². The molecule has 8 heteroatoms. The molecule has 1 amide bonds. The molecule has 0 bridgehead atoms. The molecule has 0 saturated carbocycles. The van der Waals surface area contributed by atoms with Crippen LogP contribution in [0, 0.1) is 5.82 Å². The summed E-state index contributed by atoms with van der Waals surface area (Å²) in [5, 5.41) is 12.1. The summed E-state index contributed by atoms with van der Waals surface area (Å²) in [5.74, 6) is -2.09. The molecule has 2 aromatic carbocycles. The van der Waals surface area contributed by atoms with E-state index in [9.17, 15) is 19.1 Å². The average Bonchev–Trinajstić information content (AvgIpc) is 2.57. The molecule has 0 radical (unpaired) electrons. The van der Waals surface area contributed by atoms with Crippen molar-refractivity contribution in [2.75, 3.05) is 12.4 Å². The Balaban J connectivity index is 2.02. The first-order valence-electron chi connectivity index (χ1n) is 7.15. The highest BCUT2D eigenvalue weighted by Gasteiger charge is 2.21. The number of hydrogen-bond acceptors (Lipinski definition) is 5. The highest BCUT2D eigenvalue weighted by molar-refractivity contribution is 6.31. The zero-order valence-corrected chi connectivity index (χ0v) is 14.1. The normalized spacial score (nSPS) is 11.5. The van der Waals surface area contributed by atoms with Crippen LogP contribution in [0.15, 0.2) is 36.4 Å². The predicted molar refractivity (Wildman–Crippen MR) is 89.6 cm³/mol. The number of phenols is 1. The Kier molecular flexibility index (Phi) is 5.82. The van der Waals surface area contributed by atoms with E-state index >= 15 is 0 Å². The summed E-state index contributed by atoms with van der Waals surface area (Å²) in [4.78, 5) is 24.1. The SMILES string of the molecule is COc1ccc(C(=O)O[C@@H](C)C(=O)Nc2ccc(F)c(Cl)c2)c(O)c1. The van der Waals surface area contributed by atoms with Crippen LogP contribution in [0.1, 0.15) is 17.3 Å². The molecule has 2 aromatic rings. The Hall–Kier alpha value is -2.80. The molecule has 2 rings (SSSR count). The number of carbonyl (C=O) groups excluding carboxylic acids is 2. The fraction of sp³-hybridized carbons (Fsp3) is 0.176. The summed E-state index contributed by atoms with van der Waals surface area (Å²) in [7, 11) is 1.42. The van der Waals surface area contributed by atoms with Gasteiger partial charge in [-0.3, -0.25) is 4.79 Å². The van der Waals surface area contributed by atoms with Gasteiger partial charge in [0.25, 0.3) is 5.91 Å². The molecule has 0 spiro atoms. The minimum Gasteiger partial charge on any atom is -0.507 e. The Morgan fingerprint density at radius 1 is 1.24 bits per heavy atom. The molecule has 6 nitrogen and oxygen atoms in total. The van der Waals surface area contributed by atoms with Gasteiger partial charge in [0.1, 0.15) is 22.9 Å². The Morgan fingerprint density at radius 2 is 1.96 bits per heavy atom. The molecular formula is C17H15ClFNO5. The number of amides is 1. The molecule has 0 aliphatic carbocycles. The molecule has 1 atom stereocenters. The highest BCUT2D eigenvalue weighted by atomic mass is 35.5. The fourth-order valence-corrected chi connectivity index (χ4v) is 2.09. The lowest BCUT2D eigenvalue weighted by Gasteiger charge is -2.14. The molecule has 0 heterocycles. The predicted octanol–water partition coefficient (Wildman–Crippen LogP) is 3.38. The third-order valence-corrected chi connectivity index (χ3v) is 3.55. The molecule has 25 heavy (non-hydrogen) atoms. The second-order valence-electron chi connectivity index (χ2n) is 5.05. The maximum absolute atomic E-state index is 13.1. The number of ether oxygens (including phenoxy) is 2. The van der Waals surface area contributed by atoms with Crippen molar-refractivity contribution in [3.8, 4) is 11.5 Å². The quantitative estimate of drug-likeness (QED) is 0.791. The maximum Gasteiger partial charge on any atom is 0.342 e. The van der Waals surface area contributed by atoms with Gasteiger partial charge in [0.2, 0.25) is 0 Å². The monoisotopic (exact) mass is 367 g/mol. The first kappa shape index (κ1) is 18.5. The number of halogens is 2. The third kappa shape index (κ3) is 4.60. The van der Waals surface area contributed by atoms with E-state index in [1.807, 2.05) is 0 Å². The van der Waals surface area contributed by atoms with Crippen LogP contribution < -0.4 is 10.1 Å². The number of rotatable bonds is 5. The number of phenolic OH excluding ortho intramolecular Hbond substituents is 1. The standard InChI is InChI=1S/C17H15ClFNO5/c1-9(16(22)20-10-3-6-14(19)13(18)7-10)25-17(23)12-5-4-11(24-2)8-15(12)21/h3-9,21H,1-2H3,(H,20,22)/t9-/m0/s1. The van der Waals surface area contributed by atoms with E-state index in [1.165, 1.54) is 44.4 Å². The average molecular weight is 368 g/mol. The largest absolute Gasteiger partial charge is 0.507 e. The van der Waals surface area contributed by atoms with Gasteiger partial charge in [-0.05, 0) is 37.3 Å². The van der Waals surface area contributed by atoms with Crippen LogP contribution in [0.25, 0.3) is 0 Å². The van der Waals surface area contributed by atoms with Crippen molar-refractivity contribution in [1.29, 1.82) is 0 Å². The smallest absolute Gasteiger partial charge is 0.342 e. The van der Waals surface area contributed by atoms with Crippen LogP contribution in [0.3, 0.4) is 0 Å². The van der Waals surface area contributed by atoms with Crippen molar-refractivity contribution in [3.63, 3.8) is 0 Å². The number of esters is 1. The molecule has 132 valence electrons. The molecule has 2 N–H and O–H groups in total. The van der Waals surface area contributed by atoms with Crippen molar-refractivity contribution in [1.82, 2.24) is 0 Å². The van der Waals surface area contributed by atoms with Gasteiger partial charge in [-0.15, -0.1) is 0 Å². The van der Waals surface area contributed by atoms with Gasteiger partial charge in [0, 0.05) is 11.8 Å². The summed E-state index contributed by atoms with van der Waals surface area (Å²) in [5.41, 5.74) is 0.150. The number of carbonyl (C=O) groups is 2. The van der Waals surface area contributed by atoms with Gasteiger partial charge in [0.05, 0.1) is 12.1 Å². The van der Waals surface area contributed by atoms with E-state index < -0.39 is 23.8 Å². The first-order chi connectivity index (χ1) is 11.8. The third-order valence-electron chi connectivity index (χ3n) is 3.26. The van der Waals surface area contributed by atoms with E-state index in [0.717, 1.165) is 6.07 Å². The summed E-state index contributed by atoms with van der Waals surface area (Å²) < 4.78 is 23.0. The fourth-order valence-electron chi connectivity index (χ4n) is 1.91.